The number of hydrogen-bond acceptors (Lipinski definition) is 5. The number of aromatic hydroxyl groups is 1. The van der Waals surface area contributed by atoms with E-state index in [1.165, 1.54) is 24.3 Å². The minimum Gasteiger partial charge on any atom is -0.508 e. The molecule has 0 unspecified atom stereocenters. The van der Waals surface area contributed by atoms with Gasteiger partial charge in [-0.15, -0.1) is 26.3 Å². The van der Waals surface area contributed by atoms with Crippen LogP contribution < -0.4 is 19.7 Å². The van der Waals surface area contributed by atoms with Gasteiger partial charge in [-0.05, 0) is 123 Å². The van der Waals surface area contributed by atoms with Crippen LogP contribution in [0.4, 0.5) is 32.0 Å². The first kappa shape index (κ1) is 32.3. The Labute approximate surface area is 247 Å². The van der Waals surface area contributed by atoms with Crippen LogP contribution in [0.25, 0.3) is 0 Å². The van der Waals surface area contributed by atoms with Crippen molar-refractivity contribution >= 4 is 5.69 Å². The summed E-state index contributed by atoms with van der Waals surface area (Å²) in [5, 5.41) is 12.6. The van der Waals surface area contributed by atoms with Crippen molar-refractivity contribution < 1.29 is 40.9 Å². The molecule has 2 saturated heterocycles. The van der Waals surface area contributed by atoms with Crippen molar-refractivity contribution in [2.75, 3.05) is 31.1 Å². The molecule has 2 aliphatic rings. The summed E-state index contributed by atoms with van der Waals surface area (Å²) in [5.41, 5.74) is 3.19. The Morgan fingerprint density at radius 3 is 1.47 bits per heavy atom. The molecule has 11 heteroatoms. The molecule has 43 heavy (non-hydrogen) atoms. The van der Waals surface area contributed by atoms with Crippen molar-refractivity contribution in [3.8, 4) is 17.2 Å². The van der Waals surface area contributed by atoms with Gasteiger partial charge in [-0.3, -0.25) is 0 Å². The maximum absolute atomic E-state index is 12.2. The van der Waals surface area contributed by atoms with Gasteiger partial charge < -0.3 is 24.8 Å². The number of ether oxygens (including phenoxy) is 2. The fourth-order valence-corrected chi connectivity index (χ4v) is 5.47. The van der Waals surface area contributed by atoms with Gasteiger partial charge in [0.25, 0.3) is 0 Å². The van der Waals surface area contributed by atoms with Crippen LogP contribution in [0.15, 0.2) is 72.8 Å². The first-order valence-corrected chi connectivity index (χ1v) is 14.4. The van der Waals surface area contributed by atoms with E-state index in [4.69, 9.17) is 0 Å². The molecular formula is C32H36F6N2O3. The SMILES string of the molecule is FC(F)(F)Oc1ccc(CC2CCNCC2)cc1.Oc1ccc(N2CCC(Cc3ccc(OC(F)(F)F)cc3)CC2)cc1. The molecule has 2 aliphatic heterocycles. The fourth-order valence-electron chi connectivity index (χ4n) is 5.47. The first-order valence-electron chi connectivity index (χ1n) is 14.4. The van der Waals surface area contributed by atoms with Gasteiger partial charge >= 0.3 is 12.7 Å². The third-order valence-electron chi connectivity index (χ3n) is 7.65. The molecule has 0 aliphatic carbocycles. The van der Waals surface area contributed by atoms with E-state index in [0.29, 0.717) is 11.8 Å². The third kappa shape index (κ3) is 11.5. The fraction of sp³-hybridized carbons (Fsp3) is 0.438. The summed E-state index contributed by atoms with van der Waals surface area (Å²) in [5.74, 6) is 1.06. The van der Waals surface area contributed by atoms with Crippen LogP contribution in [0.1, 0.15) is 36.8 Å². The zero-order valence-electron chi connectivity index (χ0n) is 23.6. The molecule has 0 amide bonds. The summed E-state index contributed by atoms with van der Waals surface area (Å²) in [6.45, 7) is 3.93. The molecule has 234 valence electrons. The van der Waals surface area contributed by atoms with Crippen molar-refractivity contribution in [1.29, 1.82) is 0 Å². The van der Waals surface area contributed by atoms with Crippen LogP contribution in [-0.4, -0.2) is 44.0 Å². The molecule has 3 aromatic carbocycles. The summed E-state index contributed by atoms with van der Waals surface area (Å²) >= 11 is 0. The van der Waals surface area contributed by atoms with E-state index in [9.17, 15) is 31.4 Å². The second-order valence-electron chi connectivity index (χ2n) is 10.9. The highest BCUT2D eigenvalue weighted by Crippen LogP contribution is 2.29. The summed E-state index contributed by atoms with van der Waals surface area (Å²) < 4.78 is 80.2. The van der Waals surface area contributed by atoms with E-state index in [-0.39, 0.29) is 17.2 Å². The minimum absolute atomic E-state index is 0.156. The number of nitrogens with one attached hydrogen (secondary N) is 1. The summed E-state index contributed by atoms with van der Waals surface area (Å²) in [6.07, 6.45) is -3.17. The van der Waals surface area contributed by atoms with E-state index < -0.39 is 12.7 Å². The Hall–Kier alpha value is -3.60. The number of benzene rings is 3. The minimum atomic E-state index is -4.65. The average Bonchev–Trinajstić information content (AvgIpc) is 2.96. The summed E-state index contributed by atoms with van der Waals surface area (Å²) in [6, 6.07) is 19.5. The average molecular weight is 611 g/mol. The molecule has 2 heterocycles. The van der Waals surface area contributed by atoms with Gasteiger partial charge in [0.05, 0.1) is 0 Å². The maximum Gasteiger partial charge on any atom is 0.573 e. The smallest absolute Gasteiger partial charge is 0.508 e. The number of piperidine rings is 2. The number of anilines is 1. The van der Waals surface area contributed by atoms with Crippen LogP contribution in [0.5, 0.6) is 17.2 Å². The van der Waals surface area contributed by atoms with Gasteiger partial charge in [0.1, 0.15) is 17.2 Å². The first-order chi connectivity index (χ1) is 20.4. The number of nitrogens with zero attached hydrogens (tertiary/aromatic N) is 1. The lowest BCUT2D eigenvalue weighted by atomic mass is 9.90. The zero-order valence-corrected chi connectivity index (χ0v) is 23.6. The largest absolute Gasteiger partial charge is 0.573 e. The molecule has 3 aromatic rings. The van der Waals surface area contributed by atoms with Crippen molar-refractivity contribution in [1.82, 2.24) is 5.32 Å². The van der Waals surface area contributed by atoms with Crippen molar-refractivity contribution in [3.63, 3.8) is 0 Å². The molecule has 0 bridgehead atoms. The van der Waals surface area contributed by atoms with Gasteiger partial charge in [-0.2, -0.15) is 0 Å². The van der Waals surface area contributed by atoms with Crippen molar-refractivity contribution in [3.05, 3.63) is 83.9 Å². The van der Waals surface area contributed by atoms with E-state index in [1.54, 1.807) is 36.4 Å². The molecule has 0 spiro atoms. The normalized spacial score (nSPS) is 16.7. The monoisotopic (exact) mass is 610 g/mol. The zero-order chi connectivity index (χ0) is 30.9. The Balaban J connectivity index is 0.000000208. The molecular weight excluding hydrogens is 574 g/mol. The Morgan fingerprint density at radius 1 is 0.628 bits per heavy atom. The van der Waals surface area contributed by atoms with Crippen molar-refractivity contribution in [2.24, 2.45) is 11.8 Å². The summed E-state index contributed by atoms with van der Waals surface area (Å²) in [4.78, 5) is 2.29. The van der Waals surface area contributed by atoms with Crippen LogP contribution in [-0.2, 0) is 12.8 Å². The topological polar surface area (TPSA) is 54.0 Å². The van der Waals surface area contributed by atoms with Crippen LogP contribution >= 0.6 is 0 Å². The highest BCUT2D eigenvalue weighted by atomic mass is 19.4. The maximum atomic E-state index is 12.2. The molecule has 2 fully saturated rings. The van der Waals surface area contributed by atoms with Gasteiger partial charge in [0, 0.05) is 18.8 Å². The van der Waals surface area contributed by atoms with Crippen molar-refractivity contribution in [2.45, 2.75) is 51.2 Å². The van der Waals surface area contributed by atoms with E-state index >= 15 is 0 Å². The number of phenols is 1. The molecule has 5 nitrogen and oxygen atoms in total. The highest BCUT2D eigenvalue weighted by Gasteiger charge is 2.31. The molecule has 0 aromatic heterocycles. The van der Waals surface area contributed by atoms with Gasteiger partial charge in [-0.25, -0.2) is 0 Å². The van der Waals surface area contributed by atoms with Crippen LogP contribution in [0, 0.1) is 11.8 Å². The lowest BCUT2D eigenvalue weighted by Gasteiger charge is -2.33. The van der Waals surface area contributed by atoms with E-state index in [0.717, 1.165) is 81.5 Å². The third-order valence-corrected chi connectivity index (χ3v) is 7.65. The van der Waals surface area contributed by atoms with E-state index in [2.05, 4.69) is 19.7 Å². The van der Waals surface area contributed by atoms with Gasteiger partial charge in [-0.1, -0.05) is 24.3 Å². The molecule has 0 radical (unpaired) electrons. The molecule has 0 atom stereocenters. The lowest BCUT2D eigenvalue weighted by Crippen LogP contribution is -2.34. The summed E-state index contributed by atoms with van der Waals surface area (Å²) in [7, 11) is 0. The van der Waals surface area contributed by atoms with Crippen LogP contribution in [0.3, 0.4) is 0 Å². The molecule has 2 N–H and O–H groups in total. The quantitative estimate of drug-likeness (QED) is 0.267. The second-order valence-corrected chi connectivity index (χ2v) is 10.9. The number of phenolic OH excluding ortho intramolecular Hbond substituents is 1. The molecule has 5 rings (SSSR count). The van der Waals surface area contributed by atoms with E-state index in [1.807, 2.05) is 12.1 Å². The van der Waals surface area contributed by atoms with Crippen LogP contribution in [0.2, 0.25) is 0 Å². The highest BCUT2D eigenvalue weighted by molar-refractivity contribution is 5.49. The Morgan fingerprint density at radius 2 is 1.05 bits per heavy atom. The second kappa shape index (κ2) is 14.7. The molecule has 0 saturated carbocycles. The van der Waals surface area contributed by atoms with Gasteiger partial charge in [0.15, 0.2) is 0 Å². The Kier molecular flexibility index (Phi) is 11.1. The number of halogens is 6. The standard InChI is InChI=1S/C19H20F3NO2.C13H16F3NO/c20-19(21,22)25-18-7-1-14(2-8-18)13-15-9-11-23(12-10-15)16-3-5-17(24)6-4-16;14-13(15,16)18-12-3-1-10(2-4-12)9-11-5-7-17-8-6-11/h1-8,15,24H,9-13H2;1-4,11,17H,5-9H2. The van der Waals surface area contributed by atoms with Gasteiger partial charge in [0.2, 0.25) is 0 Å². The number of rotatable bonds is 7. The Bertz CT molecular complexity index is 1230. The number of hydrogen-bond donors (Lipinski definition) is 2. The lowest BCUT2D eigenvalue weighted by molar-refractivity contribution is -0.275. The predicted molar refractivity (Wildman–Crippen MR) is 152 cm³/mol. The number of alkyl halides is 6. The predicted octanol–water partition coefficient (Wildman–Crippen LogP) is 7.88.